The Labute approximate surface area is 114 Å². The Hall–Kier alpha value is -1.52. The van der Waals surface area contributed by atoms with E-state index in [-0.39, 0.29) is 5.91 Å². The minimum absolute atomic E-state index is 0.190. The van der Waals surface area contributed by atoms with Crippen LogP contribution in [0.3, 0.4) is 0 Å². The van der Waals surface area contributed by atoms with Crippen molar-refractivity contribution < 1.29 is 9.32 Å². The molecular weight excluding hydrogens is 242 g/mol. The molecule has 0 aromatic carbocycles. The fourth-order valence-corrected chi connectivity index (χ4v) is 2.86. The first-order valence-electron chi connectivity index (χ1n) is 6.94. The summed E-state index contributed by atoms with van der Waals surface area (Å²) in [5.41, 5.74) is 1.76. The van der Waals surface area contributed by atoms with Gasteiger partial charge in [0.1, 0.15) is 11.4 Å². The molecule has 1 aromatic rings. The normalized spacial score (nSPS) is 19.6. The van der Waals surface area contributed by atoms with Crippen LogP contribution in [0.5, 0.6) is 0 Å². The highest BCUT2D eigenvalue weighted by atomic mass is 16.5. The topological polar surface area (TPSA) is 49.6 Å². The van der Waals surface area contributed by atoms with Crippen molar-refractivity contribution in [3.8, 4) is 0 Å². The Morgan fingerprint density at radius 3 is 2.79 bits per heavy atom. The van der Waals surface area contributed by atoms with E-state index < -0.39 is 0 Å². The van der Waals surface area contributed by atoms with Gasteiger partial charge in [0.15, 0.2) is 5.76 Å². The molecule has 0 aliphatic carbocycles. The second-order valence-corrected chi connectivity index (χ2v) is 5.46. The molecular formula is C14H23N3O2. The first-order valence-corrected chi connectivity index (χ1v) is 6.94. The summed E-state index contributed by atoms with van der Waals surface area (Å²) in [7, 11) is 1.92. The molecule has 2 rings (SSSR count). The molecule has 5 nitrogen and oxygen atoms in total. The van der Waals surface area contributed by atoms with E-state index in [0.29, 0.717) is 12.6 Å². The van der Waals surface area contributed by atoms with Crippen molar-refractivity contribution in [2.24, 2.45) is 0 Å². The zero-order chi connectivity index (χ0) is 14.0. The molecule has 1 aliphatic heterocycles. The number of hydrogen-bond acceptors (Lipinski definition) is 4. The molecule has 0 spiro atoms. The average Bonchev–Trinajstić information content (AvgIpc) is 2.69. The van der Waals surface area contributed by atoms with Crippen LogP contribution in [-0.4, -0.2) is 42.1 Å². The Bertz CT molecular complexity index is 436. The number of hydrogen-bond donors (Lipinski definition) is 0. The molecule has 1 atom stereocenters. The standard InChI is InChI=1S/C14H23N3O2/c1-10-7-5-6-8-17(10)13(18)9-16(4)14-11(2)15-19-12(14)3/h10H,5-9H2,1-4H3/t10-/m0/s1. The number of nitrogens with zero attached hydrogens (tertiary/aromatic N) is 3. The molecule has 1 saturated heterocycles. The number of amides is 1. The first kappa shape index (κ1) is 13.9. The van der Waals surface area contributed by atoms with Crippen molar-refractivity contribution >= 4 is 11.6 Å². The summed E-state index contributed by atoms with van der Waals surface area (Å²) in [6.45, 7) is 7.17. The van der Waals surface area contributed by atoms with E-state index in [1.165, 1.54) is 6.42 Å². The minimum atomic E-state index is 0.190. The lowest BCUT2D eigenvalue weighted by Crippen LogP contribution is -2.46. The molecule has 2 heterocycles. The van der Waals surface area contributed by atoms with E-state index >= 15 is 0 Å². The predicted molar refractivity (Wildman–Crippen MR) is 74.3 cm³/mol. The summed E-state index contributed by atoms with van der Waals surface area (Å²) in [6.07, 6.45) is 3.45. The lowest BCUT2D eigenvalue weighted by Gasteiger charge is -2.34. The minimum Gasteiger partial charge on any atom is -0.361 e. The Morgan fingerprint density at radius 1 is 1.47 bits per heavy atom. The second kappa shape index (κ2) is 5.63. The molecule has 0 unspecified atom stereocenters. The van der Waals surface area contributed by atoms with Gasteiger partial charge in [-0.05, 0) is 40.0 Å². The zero-order valence-electron chi connectivity index (χ0n) is 12.3. The number of piperidine rings is 1. The maximum Gasteiger partial charge on any atom is 0.242 e. The predicted octanol–water partition coefficient (Wildman–Crippen LogP) is 2.13. The fourth-order valence-electron chi connectivity index (χ4n) is 2.86. The molecule has 19 heavy (non-hydrogen) atoms. The number of aromatic nitrogens is 1. The highest BCUT2D eigenvalue weighted by Gasteiger charge is 2.25. The van der Waals surface area contributed by atoms with Crippen LogP contribution in [0.4, 0.5) is 5.69 Å². The summed E-state index contributed by atoms with van der Waals surface area (Å²) >= 11 is 0. The average molecular weight is 265 g/mol. The van der Waals surface area contributed by atoms with Crippen LogP contribution >= 0.6 is 0 Å². The highest BCUT2D eigenvalue weighted by molar-refractivity contribution is 5.82. The molecule has 0 saturated carbocycles. The van der Waals surface area contributed by atoms with E-state index in [4.69, 9.17) is 4.52 Å². The maximum atomic E-state index is 12.4. The van der Waals surface area contributed by atoms with Gasteiger partial charge >= 0.3 is 0 Å². The largest absolute Gasteiger partial charge is 0.361 e. The smallest absolute Gasteiger partial charge is 0.242 e. The molecule has 1 aromatic heterocycles. The molecule has 0 radical (unpaired) electrons. The molecule has 1 fully saturated rings. The summed E-state index contributed by atoms with van der Waals surface area (Å²) in [4.78, 5) is 16.3. The van der Waals surface area contributed by atoms with Gasteiger partial charge < -0.3 is 14.3 Å². The van der Waals surface area contributed by atoms with Gasteiger partial charge in [-0.15, -0.1) is 0 Å². The molecule has 0 N–H and O–H groups in total. The Kier molecular flexibility index (Phi) is 4.12. The van der Waals surface area contributed by atoms with Gasteiger partial charge in [-0.1, -0.05) is 5.16 Å². The molecule has 5 heteroatoms. The summed E-state index contributed by atoms with van der Waals surface area (Å²) in [5, 5.41) is 3.93. The Morgan fingerprint density at radius 2 is 2.21 bits per heavy atom. The third-order valence-corrected chi connectivity index (χ3v) is 3.87. The van der Waals surface area contributed by atoms with Gasteiger partial charge in [0.2, 0.25) is 5.91 Å². The third-order valence-electron chi connectivity index (χ3n) is 3.87. The quantitative estimate of drug-likeness (QED) is 0.840. The van der Waals surface area contributed by atoms with E-state index in [0.717, 1.165) is 36.5 Å². The number of likely N-dealkylation sites (tertiary alicyclic amines) is 1. The number of aryl methyl sites for hydroxylation is 2. The molecule has 106 valence electrons. The first-order chi connectivity index (χ1) is 9.00. The monoisotopic (exact) mass is 265 g/mol. The van der Waals surface area contributed by atoms with Crippen molar-refractivity contribution in [1.29, 1.82) is 0 Å². The SMILES string of the molecule is Cc1noc(C)c1N(C)CC(=O)N1CCCC[C@@H]1C. The van der Waals surface area contributed by atoms with Crippen LogP contribution in [0.25, 0.3) is 0 Å². The van der Waals surface area contributed by atoms with Crippen molar-refractivity contribution in [3.05, 3.63) is 11.5 Å². The second-order valence-electron chi connectivity index (χ2n) is 5.46. The Balaban J connectivity index is 2.02. The summed E-state index contributed by atoms with van der Waals surface area (Å²) < 4.78 is 5.15. The van der Waals surface area contributed by atoms with E-state index in [9.17, 15) is 4.79 Å². The van der Waals surface area contributed by atoms with Crippen LogP contribution in [0.1, 0.15) is 37.6 Å². The van der Waals surface area contributed by atoms with Crippen molar-refractivity contribution in [1.82, 2.24) is 10.1 Å². The van der Waals surface area contributed by atoms with Gasteiger partial charge in [0.05, 0.1) is 6.54 Å². The van der Waals surface area contributed by atoms with Crippen LogP contribution < -0.4 is 4.90 Å². The lowest BCUT2D eigenvalue weighted by molar-refractivity contribution is -0.132. The van der Waals surface area contributed by atoms with Crippen molar-refractivity contribution in [3.63, 3.8) is 0 Å². The van der Waals surface area contributed by atoms with E-state index in [1.54, 1.807) is 0 Å². The summed E-state index contributed by atoms with van der Waals surface area (Å²) in [5.74, 6) is 0.953. The van der Waals surface area contributed by atoms with Crippen LogP contribution in [0.15, 0.2) is 4.52 Å². The molecule has 1 aliphatic rings. The van der Waals surface area contributed by atoms with Crippen LogP contribution in [-0.2, 0) is 4.79 Å². The molecule has 1 amide bonds. The van der Waals surface area contributed by atoms with E-state index in [1.807, 2.05) is 30.7 Å². The number of anilines is 1. The highest BCUT2D eigenvalue weighted by Crippen LogP contribution is 2.23. The summed E-state index contributed by atoms with van der Waals surface area (Å²) in [6, 6.07) is 0.360. The van der Waals surface area contributed by atoms with Gasteiger partial charge in [-0.2, -0.15) is 0 Å². The number of rotatable bonds is 3. The van der Waals surface area contributed by atoms with Gasteiger partial charge in [0, 0.05) is 19.6 Å². The van der Waals surface area contributed by atoms with Crippen molar-refractivity contribution in [2.75, 3.05) is 25.0 Å². The van der Waals surface area contributed by atoms with Gasteiger partial charge in [-0.3, -0.25) is 4.79 Å². The number of likely N-dealkylation sites (N-methyl/N-ethyl adjacent to an activating group) is 1. The van der Waals surface area contributed by atoms with E-state index in [2.05, 4.69) is 12.1 Å². The number of carbonyl (C=O) groups is 1. The van der Waals surface area contributed by atoms with Crippen LogP contribution in [0, 0.1) is 13.8 Å². The lowest BCUT2D eigenvalue weighted by atomic mass is 10.0. The van der Waals surface area contributed by atoms with Gasteiger partial charge in [-0.25, -0.2) is 0 Å². The van der Waals surface area contributed by atoms with Crippen LogP contribution in [0.2, 0.25) is 0 Å². The van der Waals surface area contributed by atoms with Gasteiger partial charge in [0.25, 0.3) is 0 Å². The number of carbonyl (C=O) groups excluding carboxylic acids is 1. The van der Waals surface area contributed by atoms with Crippen molar-refractivity contribution in [2.45, 2.75) is 46.1 Å². The zero-order valence-corrected chi connectivity index (χ0v) is 12.3. The third kappa shape index (κ3) is 2.91. The fraction of sp³-hybridized carbons (Fsp3) is 0.714. The maximum absolute atomic E-state index is 12.4. The molecule has 0 bridgehead atoms.